The van der Waals surface area contributed by atoms with E-state index in [1.54, 1.807) is 7.05 Å². The summed E-state index contributed by atoms with van der Waals surface area (Å²) in [7, 11) is 1.74. The number of hydrogen-bond donors (Lipinski definition) is 3. The molecule has 1 atom stereocenters. The summed E-state index contributed by atoms with van der Waals surface area (Å²) in [6, 6.07) is 14.7. The van der Waals surface area contributed by atoms with Crippen molar-refractivity contribution in [3.63, 3.8) is 0 Å². The van der Waals surface area contributed by atoms with E-state index in [2.05, 4.69) is 27.0 Å². The van der Waals surface area contributed by atoms with Crippen LogP contribution in [0.25, 0.3) is 0 Å². The molecule has 0 radical (unpaired) electrons. The number of benzene rings is 2. The molecule has 3 N–H and O–H groups in total. The molecule has 31 heavy (non-hydrogen) atoms. The molecule has 0 aliphatic carbocycles. The SMILES string of the molecule is CN=C(NCC1CC(=O)Nc2ccccc21)NCC1(c2ccc(F)cc2)CCOCC1. The first-order valence-electron chi connectivity index (χ1n) is 10.8. The van der Waals surface area contributed by atoms with Crippen LogP contribution in [0, 0.1) is 5.82 Å². The van der Waals surface area contributed by atoms with Crippen molar-refractivity contribution in [2.24, 2.45) is 4.99 Å². The number of anilines is 1. The number of carbonyl (C=O) groups is 1. The number of para-hydroxylation sites is 1. The van der Waals surface area contributed by atoms with Gasteiger partial charge in [0.05, 0.1) is 0 Å². The molecule has 1 saturated heterocycles. The minimum Gasteiger partial charge on any atom is -0.381 e. The Labute approximate surface area is 182 Å². The van der Waals surface area contributed by atoms with E-state index in [1.807, 2.05) is 30.3 Å². The molecule has 2 aliphatic heterocycles. The summed E-state index contributed by atoms with van der Waals surface area (Å²) in [5.41, 5.74) is 2.99. The standard InChI is InChI=1S/C24H29FN4O2/c1-26-23(27-15-17-14-22(30)29-21-5-3-2-4-20(17)21)28-16-24(10-12-31-13-11-24)18-6-8-19(25)9-7-18/h2-9,17H,10-16H2,1H3,(H,29,30)(H2,26,27,28). The van der Waals surface area contributed by atoms with Crippen LogP contribution in [-0.4, -0.2) is 45.2 Å². The number of hydrogen-bond acceptors (Lipinski definition) is 3. The van der Waals surface area contributed by atoms with E-state index in [9.17, 15) is 9.18 Å². The number of guanidine groups is 1. The van der Waals surface area contributed by atoms with E-state index in [-0.39, 0.29) is 23.1 Å². The molecule has 2 heterocycles. The second kappa shape index (κ2) is 9.47. The summed E-state index contributed by atoms with van der Waals surface area (Å²) < 4.78 is 19.0. The second-order valence-corrected chi connectivity index (χ2v) is 8.24. The third-order valence-corrected chi connectivity index (χ3v) is 6.35. The van der Waals surface area contributed by atoms with Crippen LogP contribution in [0.4, 0.5) is 10.1 Å². The lowest BCUT2D eigenvalue weighted by Crippen LogP contribution is -2.48. The lowest BCUT2D eigenvalue weighted by molar-refractivity contribution is -0.116. The van der Waals surface area contributed by atoms with Crippen molar-refractivity contribution < 1.29 is 13.9 Å². The number of amides is 1. The minimum atomic E-state index is -0.229. The highest BCUT2D eigenvalue weighted by molar-refractivity contribution is 5.94. The Balaban J connectivity index is 1.42. The van der Waals surface area contributed by atoms with Crippen LogP contribution in [0.1, 0.15) is 36.3 Å². The number of fused-ring (bicyclic) bond motifs is 1. The number of rotatable bonds is 5. The third-order valence-electron chi connectivity index (χ3n) is 6.35. The Morgan fingerprint density at radius 3 is 2.65 bits per heavy atom. The lowest BCUT2D eigenvalue weighted by Gasteiger charge is -2.38. The van der Waals surface area contributed by atoms with Gasteiger partial charge >= 0.3 is 0 Å². The molecule has 1 unspecified atom stereocenters. The Morgan fingerprint density at radius 1 is 1.16 bits per heavy atom. The highest BCUT2D eigenvalue weighted by Gasteiger charge is 2.35. The Hall–Kier alpha value is -2.93. The second-order valence-electron chi connectivity index (χ2n) is 8.24. The quantitative estimate of drug-likeness (QED) is 0.509. The maximum Gasteiger partial charge on any atom is 0.225 e. The average Bonchev–Trinajstić information content (AvgIpc) is 2.80. The zero-order valence-corrected chi connectivity index (χ0v) is 17.8. The average molecular weight is 425 g/mol. The topological polar surface area (TPSA) is 74.8 Å². The van der Waals surface area contributed by atoms with E-state index < -0.39 is 0 Å². The molecule has 0 saturated carbocycles. The molecule has 164 valence electrons. The van der Waals surface area contributed by atoms with Crippen molar-refractivity contribution in [2.75, 3.05) is 38.7 Å². The molecule has 7 heteroatoms. The van der Waals surface area contributed by atoms with E-state index in [0.29, 0.717) is 38.7 Å². The van der Waals surface area contributed by atoms with Crippen molar-refractivity contribution in [1.29, 1.82) is 0 Å². The number of nitrogens with zero attached hydrogens (tertiary/aromatic N) is 1. The molecule has 1 amide bonds. The number of ether oxygens (including phenoxy) is 1. The third kappa shape index (κ3) is 4.88. The van der Waals surface area contributed by atoms with Gasteiger partial charge in [0.2, 0.25) is 5.91 Å². The fraction of sp³-hybridized carbons (Fsp3) is 0.417. The van der Waals surface area contributed by atoms with Crippen LogP contribution in [0.3, 0.4) is 0 Å². The Bertz CT molecular complexity index is 939. The zero-order valence-electron chi connectivity index (χ0n) is 17.8. The predicted molar refractivity (Wildman–Crippen MR) is 120 cm³/mol. The molecule has 4 rings (SSSR count). The van der Waals surface area contributed by atoms with Crippen LogP contribution in [-0.2, 0) is 14.9 Å². The largest absolute Gasteiger partial charge is 0.381 e. The molecule has 0 spiro atoms. The van der Waals surface area contributed by atoms with Crippen LogP contribution in [0.2, 0.25) is 0 Å². The summed E-state index contributed by atoms with van der Waals surface area (Å²) >= 11 is 0. The number of nitrogens with one attached hydrogen (secondary N) is 3. The zero-order chi connectivity index (χ0) is 21.7. The number of halogens is 1. The molecule has 2 aliphatic rings. The minimum absolute atomic E-state index is 0.0333. The van der Waals surface area contributed by atoms with Gasteiger partial charge in [-0.15, -0.1) is 0 Å². The summed E-state index contributed by atoms with van der Waals surface area (Å²) in [6.07, 6.45) is 2.16. The van der Waals surface area contributed by atoms with Gasteiger partial charge < -0.3 is 20.7 Å². The van der Waals surface area contributed by atoms with Crippen molar-refractivity contribution in [2.45, 2.75) is 30.6 Å². The van der Waals surface area contributed by atoms with Crippen LogP contribution in [0.15, 0.2) is 53.5 Å². The molecular weight excluding hydrogens is 395 g/mol. The number of carbonyl (C=O) groups excluding carboxylic acids is 1. The van der Waals surface area contributed by atoms with Crippen molar-refractivity contribution in [3.8, 4) is 0 Å². The summed E-state index contributed by atoms with van der Waals surface area (Å²) in [6.45, 7) is 2.64. The number of aliphatic imine (C=N–C) groups is 1. The summed E-state index contributed by atoms with van der Waals surface area (Å²) in [5.74, 6) is 0.577. The molecule has 2 aromatic rings. The molecular formula is C24H29FN4O2. The van der Waals surface area contributed by atoms with Gasteiger partial charge in [-0.2, -0.15) is 0 Å². The monoisotopic (exact) mass is 424 g/mol. The van der Waals surface area contributed by atoms with Gasteiger partial charge in [0, 0.05) is 56.8 Å². The van der Waals surface area contributed by atoms with Gasteiger partial charge in [-0.3, -0.25) is 9.79 Å². The van der Waals surface area contributed by atoms with E-state index in [4.69, 9.17) is 4.74 Å². The van der Waals surface area contributed by atoms with Crippen LogP contribution in [0.5, 0.6) is 0 Å². The van der Waals surface area contributed by atoms with Crippen molar-refractivity contribution in [3.05, 3.63) is 65.5 Å². The van der Waals surface area contributed by atoms with E-state index >= 15 is 0 Å². The molecule has 1 fully saturated rings. The molecule has 0 bridgehead atoms. The highest BCUT2D eigenvalue weighted by atomic mass is 19.1. The summed E-state index contributed by atoms with van der Waals surface area (Å²) in [4.78, 5) is 16.5. The van der Waals surface area contributed by atoms with Crippen molar-refractivity contribution >= 4 is 17.6 Å². The molecule has 0 aromatic heterocycles. The van der Waals surface area contributed by atoms with Gasteiger partial charge in [-0.05, 0) is 42.2 Å². The first-order valence-corrected chi connectivity index (χ1v) is 10.8. The van der Waals surface area contributed by atoms with E-state index in [1.165, 1.54) is 12.1 Å². The fourth-order valence-electron chi connectivity index (χ4n) is 4.51. The molecule has 2 aromatic carbocycles. The summed E-state index contributed by atoms with van der Waals surface area (Å²) in [5, 5.41) is 9.78. The Morgan fingerprint density at radius 2 is 1.90 bits per heavy atom. The van der Waals surface area contributed by atoms with Crippen molar-refractivity contribution in [1.82, 2.24) is 10.6 Å². The van der Waals surface area contributed by atoms with Gasteiger partial charge in [0.25, 0.3) is 0 Å². The maximum absolute atomic E-state index is 13.5. The van der Waals surface area contributed by atoms with Gasteiger partial charge in [0.1, 0.15) is 5.82 Å². The Kier molecular flexibility index (Phi) is 6.51. The van der Waals surface area contributed by atoms with Gasteiger partial charge in [-0.25, -0.2) is 4.39 Å². The van der Waals surface area contributed by atoms with Crippen LogP contribution < -0.4 is 16.0 Å². The molecule has 6 nitrogen and oxygen atoms in total. The first kappa shape index (κ1) is 21.3. The normalized spacial score (nSPS) is 20.5. The predicted octanol–water partition coefficient (Wildman–Crippen LogP) is 3.16. The lowest BCUT2D eigenvalue weighted by atomic mass is 9.74. The van der Waals surface area contributed by atoms with Crippen LogP contribution >= 0.6 is 0 Å². The van der Waals surface area contributed by atoms with Gasteiger partial charge in [-0.1, -0.05) is 30.3 Å². The van der Waals surface area contributed by atoms with E-state index in [0.717, 1.165) is 29.7 Å². The first-order chi connectivity index (χ1) is 15.1. The fourth-order valence-corrected chi connectivity index (χ4v) is 4.51. The maximum atomic E-state index is 13.5. The smallest absolute Gasteiger partial charge is 0.225 e. The highest BCUT2D eigenvalue weighted by Crippen LogP contribution is 2.34. The van der Waals surface area contributed by atoms with Gasteiger partial charge in [0.15, 0.2) is 5.96 Å².